The first kappa shape index (κ1) is 13.0. The lowest BCUT2D eigenvalue weighted by Gasteiger charge is -2.12. The second-order valence-corrected chi connectivity index (χ2v) is 4.71. The van der Waals surface area contributed by atoms with Gasteiger partial charge < -0.3 is 9.84 Å². The van der Waals surface area contributed by atoms with E-state index in [2.05, 4.69) is 21.0 Å². The molecule has 18 heavy (non-hydrogen) atoms. The molecule has 1 aromatic carbocycles. The highest BCUT2D eigenvalue weighted by Crippen LogP contribution is 2.20. The summed E-state index contributed by atoms with van der Waals surface area (Å²) in [5, 5.41) is 13.7. The van der Waals surface area contributed by atoms with Gasteiger partial charge in [0.1, 0.15) is 24.3 Å². The summed E-state index contributed by atoms with van der Waals surface area (Å²) in [4.78, 5) is 0. The van der Waals surface area contributed by atoms with Gasteiger partial charge in [0.25, 0.3) is 0 Å². The van der Waals surface area contributed by atoms with Crippen LogP contribution in [0.2, 0.25) is 0 Å². The van der Waals surface area contributed by atoms with E-state index in [0.29, 0.717) is 16.8 Å². The van der Waals surface area contributed by atoms with E-state index < -0.39 is 6.10 Å². The van der Waals surface area contributed by atoms with Crippen LogP contribution in [-0.2, 0) is 6.54 Å². The van der Waals surface area contributed by atoms with Crippen LogP contribution in [0.25, 0.3) is 0 Å². The first-order chi connectivity index (χ1) is 8.63. The second kappa shape index (κ2) is 5.97. The van der Waals surface area contributed by atoms with Crippen molar-refractivity contribution >= 4 is 15.9 Å². The van der Waals surface area contributed by atoms with Crippen LogP contribution in [0.3, 0.4) is 0 Å². The third kappa shape index (κ3) is 3.82. The standard InChI is InChI=1S/C12H12BrFN2O2/c13-9-4-10(14)6-12(5-9)18-8-11(17)7-16-3-1-2-15-16/h1-6,11,17H,7-8H2/t11-/m0/s1. The van der Waals surface area contributed by atoms with E-state index in [0.717, 1.165) is 0 Å². The van der Waals surface area contributed by atoms with Crippen LogP contribution in [0, 0.1) is 5.82 Å². The average molecular weight is 315 g/mol. The van der Waals surface area contributed by atoms with Crippen molar-refractivity contribution in [3.63, 3.8) is 0 Å². The molecule has 2 rings (SSSR count). The highest BCUT2D eigenvalue weighted by molar-refractivity contribution is 9.10. The molecule has 0 radical (unpaired) electrons. The molecule has 0 aliphatic rings. The van der Waals surface area contributed by atoms with Gasteiger partial charge in [-0.25, -0.2) is 4.39 Å². The Morgan fingerprint density at radius 1 is 1.44 bits per heavy atom. The molecule has 0 saturated carbocycles. The number of hydrogen-bond donors (Lipinski definition) is 1. The van der Waals surface area contributed by atoms with Gasteiger partial charge in [-0.1, -0.05) is 15.9 Å². The largest absolute Gasteiger partial charge is 0.491 e. The fourth-order valence-corrected chi connectivity index (χ4v) is 1.93. The van der Waals surface area contributed by atoms with Gasteiger partial charge in [0.05, 0.1) is 6.54 Å². The van der Waals surface area contributed by atoms with Gasteiger partial charge in [0.15, 0.2) is 0 Å². The SMILES string of the molecule is O[C@H](COc1cc(F)cc(Br)c1)Cn1cccn1. The summed E-state index contributed by atoms with van der Waals surface area (Å²) in [7, 11) is 0. The molecule has 4 nitrogen and oxygen atoms in total. The van der Waals surface area contributed by atoms with E-state index in [-0.39, 0.29) is 12.4 Å². The minimum absolute atomic E-state index is 0.0791. The molecule has 2 aromatic rings. The van der Waals surface area contributed by atoms with Gasteiger partial charge in [-0.15, -0.1) is 0 Å². The second-order valence-electron chi connectivity index (χ2n) is 3.80. The summed E-state index contributed by atoms with van der Waals surface area (Å²) in [5.41, 5.74) is 0. The van der Waals surface area contributed by atoms with Gasteiger partial charge >= 0.3 is 0 Å². The van der Waals surface area contributed by atoms with E-state index in [1.54, 1.807) is 29.2 Å². The van der Waals surface area contributed by atoms with Crippen molar-refractivity contribution in [2.45, 2.75) is 12.6 Å². The predicted molar refractivity (Wildman–Crippen MR) is 67.8 cm³/mol. The number of hydrogen-bond acceptors (Lipinski definition) is 3. The molecule has 0 aliphatic carbocycles. The van der Waals surface area contributed by atoms with Gasteiger partial charge in [-0.3, -0.25) is 4.68 Å². The number of ether oxygens (including phenoxy) is 1. The van der Waals surface area contributed by atoms with Crippen molar-refractivity contribution < 1.29 is 14.2 Å². The molecule has 6 heteroatoms. The molecule has 0 bridgehead atoms. The van der Waals surface area contributed by atoms with E-state index in [9.17, 15) is 9.50 Å². The maximum Gasteiger partial charge on any atom is 0.128 e. The highest BCUT2D eigenvalue weighted by Gasteiger charge is 2.07. The number of aliphatic hydroxyl groups is 1. The topological polar surface area (TPSA) is 47.3 Å². The Bertz CT molecular complexity index is 485. The highest BCUT2D eigenvalue weighted by atomic mass is 79.9. The summed E-state index contributed by atoms with van der Waals surface area (Å²) in [6.45, 7) is 0.416. The number of halogens is 2. The molecule has 0 spiro atoms. The number of aliphatic hydroxyl groups excluding tert-OH is 1. The van der Waals surface area contributed by atoms with Gasteiger partial charge in [-0.2, -0.15) is 5.10 Å². The zero-order chi connectivity index (χ0) is 13.0. The lowest BCUT2D eigenvalue weighted by atomic mass is 10.3. The Labute approximate surface area is 112 Å². The van der Waals surface area contributed by atoms with Crippen LogP contribution in [0.1, 0.15) is 0 Å². The van der Waals surface area contributed by atoms with Gasteiger partial charge in [0, 0.05) is 22.9 Å². The van der Waals surface area contributed by atoms with Crippen molar-refractivity contribution in [3.05, 3.63) is 46.9 Å². The molecule has 0 amide bonds. The maximum absolute atomic E-state index is 13.1. The average Bonchev–Trinajstić information content (AvgIpc) is 2.78. The Hall–Kier alpha value is -1.40. The zero-order valence-corrected chi connectivity index (χ0v) is 11.0. The van der Waals surface area contributed by atoms with Crippen LogP contribution >= 0.6 is 15.9 Å². The van der Waals surface area contributed by atoms with Crippen LogP contribution in [0.15, 0.2) is 41.1 Å². The fraction of sp³-hybridized carbons (Fsp3) is 0.250. The minimum Gasteiger partial charge on any atom is -0.491 e. The third-order valence-corrected chi connectivity index (χ3v) is 2.69. The summed E-state index contributed by atoms with van der Waals surface area (Å²) >= 11 is 3.17. The maximum atomic E-state index is 13.1. The molecule has 0 aliphatic heterocycles. The molecule has 1 aromatic heterocycles. The Morgan fingerprint density at radius 2 is 2.28 bits per heavy atom. The lowest BCUT2D eigenvalue weighted by molar-refractivity contribution is 0.0891. The number of nitrogens with zero attached hydrogens (tertiary/aromatic N) is 2. The van der Waals surface area contributed by atoms with Crippen LogP contribution < -0.4 is 4.74 Å². The molecule has 0 saturated heterocycles. The number of rotatable bonds is 5. The first-order valence-electron chi connectivity index (χ1n) is 5.38. The van der Waals surface area contributed by atoms with Crippen LogP contribution in [-0.4, -0.2) is 27.6 Å². The van der Waals surface area contributed by atoms with Crippen molar-refractivity contribution in [2.24, 2.45) is 0 Å². The van der Waals surface area contributed by atoms with Crippen molar-refractivity contribution in [3.8, 4) is 5.75 Å². The van der Waals surface area contributed by atoms with Crippen molar-refractivity contribution in [2.75, 3.05) is 6.61 Å². The Balaban J connectivity index is 1.87. The van der Waals surface area contributed by atoms with E-state index >= 15 is 0 Å². The monoisotopic (exact) mass is 314 g/mol. The summed E-state index contributed by atoms with van der Waals surface area (Å²) in [6.07, 6.45) is 2.69. The van der Waals surface area contributed by atoms with E-state index in [1.165, 1.54) is 12.1 Å². The van der Waals surface area contributed by atoms with Crippen molar-refractivity contribution in [1.29, 1.82) is 0 Å². The quantitative estimate of drug-likeness (QED) is 0.920. The molecule has 1 atom stereocenters. The molecule has 0 fully saturated rings. The third-order valence-electron chi connectivity index (χ3n) is 2.24. The Kier molecular flexibility index (Phi) is 4.33. The fourth-order valence-electron chi connectivity index (χ4n) is 1.48. The lowest BCUT2D eigenvalue weighted by Crippen LogP contribution is -2.23. The Morgan fingerprint density at radius 3 is 2.94 bits per heavy atom. The summed E-state index contributed by atoms with van der Waals surface area (Å²) < 4.78 is 20.6. The minimum atomic E-state index is -0.702. The molecule has 0 unspecified atom stereocenters. The molecule has 96 valence electrons. The molecular weight excluding hydrogens is 303 g/mol. The number of aromatic nitrogens is 2. The molecule has 1 heterocycles. The smallest absolute Gasteiger partial charge is 0.128 e. The van der Waals surface area contributed by atoms with Gasteiger partial charge in [-0.05, 0) is 18.2 Å². The van der Waals surface area contributed by atoms with Crippen molar-refractivity contribution in [1.82, 2.24) is 9.78 Å². The normalized spacial score (nSPS) is 12.4. The van der Waals surface area contributed by atoms with E-state index in [4.69, 9.17) is 4.74 Å². The van der Waals surface area contributed by atoms with Crippen LogP contribution in [0.4, 0.5) is 4.39 Å². The first-order valence-corrected chi connectivity index (χ1v) is 6.17. The number of benzene rings is 1. The summed E-state index contributed by atoms with van der Waals surface area (Å²) in [6, 6.07) is 6.03. The molecular formula is C12H12BrFN2O2. The van der Waals surface area contributed by atoms with Crippen LogP contribution in [0.5, 0.6) is 5.75 Å². The van der Waals surface area contributed by atoms with Gasteiger partial charge in [0.2, 0.25) is 0 Å². The van der Waals surface area contributed by atoms with E-state index in [1.807, 2.05) is 0 Å². The zero-order valence-electron chi connectivity index (χ0n) is 9.46. The predicted octanol–water partition coefficient (Wildman–Crippen LogP) is 2.22. The molecule has 1 N–H and O–H groups in total. The summed E-state index contributed by atoms with van der Waals surface area (Å²) in [5.74, 6) is -0.0117.